The van der Waals surface area contributed by atoms with Crippen molar-refractivity contribution in [2.75, 3.05) is 6.54 Å². The van der Waals surface area contributed by atoms with Gasteiger partial charge in [0, 0.05) is 19.4 Å². The summed E-state index contributed by atoms with van der Waals surface area (Å²) >= 11 is 0. The molecule has 2 aliphatic rings. The number of rotatable bonds is 2. The second-order valence-corrected chi connectivity index (χ2v) is 6.80. The van der Waals surface area contributed by atoms with E-state index in [1.807, 2.05) is 0 Å². The molecule has 132 valence electrons. The van der Waals surface area contributed by atoms with Crippen LogP contribution in [0.4, 0.5) is 0 Å². The highest BCUT2D eigenvalue weighted by atomic mass is 16.5. The number of carbonyl (C=O) groups excluding carboxylic acids is 2. The van der Waals surface area contributed by atoms with Crippen molar-refractivity contribution in [3.8, 4) is 0 Å². The molecule has 0 bridgehead atoms. The predicted molar refractivity (Wildman–Crippen MR) is 87.4 cm³/mol. The SMILES string of the molecule is Cc1noc([C@H]2CCCCN2C(=O)c2c(C)oc3c2C(=O)CCC3)n1. The fourth-order valence-electron chi connectivity index (χ4n) is 3.89. The van der Waals surface area contributed by atoms with E-state index >= 15 is 0 Å². The first-order valence-corrected chi connectivity index (χ1v) is 8.83. The number of fused-ring (bicyclic) bond motifs is 1. The molecule has 2 aromatic heterocycles. The molecule has 1 aliphatic carbocycles. The van der Waals surface area contributed by atoms with E-state index in [-0.39, 0.29) is 17.7 Å². The average molecular weight is 343 g/mol. The minimum atomic E-state index is -0.244. The minimum absolute atomic E-state index is 0.00337. The molecule has 3 heterocycles. The second kappa shape index (κ2) is 6.13. The van der Waals surface area contributed by atoms with Gasteiger partial charge in [-0.2, -0.15) is 4.98 Å². The summed E-state index contributed by atoms with van der Waals surface area (Å²) in [6.45, 7) is 4.13. The highest BCUT2D eigenvalue weighted by molar-refractivity contribution is 6.10. The quantitative estimate of drug-likeness (QED) is 0.832. The summed E-state index contributed by atoms with van der Waals surface area (Å²) in [5.74, 6) is 2.03. The number of hydrogen-bond donors (Lipinski definition) is 0. The average Bonchev–Trinajstić information content (AvgIpc) is 3.18. The van der Waals surface area contributed by atoms with E-state index in [1.54, 1.807) is 18.7 Å². The van der Waals surface area contributed by atoms with Crippen molar-refractivity contribution in [1.29, 1.82) is 0 Å². The van der Waals surface area contributed by atoms with Gasteiger partial charge in [0.15, 0.2) is 11.6 Å². The van der Waals surface area contributed by atoms with E-state index in [4.69, 9.17) is 8.94 Å². The minimum Gasteiger partial charge on any atom is -0.465 e. The van der Waals surface area contributed by atoms with Gasteiger partial charge in [-0.25, -0.2) is 0 Å². The van der Waals surface area contributed by atoms with Gasteiger partial charge in [-0.1, -0.05) is 5.16 Å². The summed E-state index contributed by atoms with van der Waals surface area (Å²) in [6, 6.07) is -0.244. The summed E-state index contributed by atoms with van der Waals surface area (Å²) in [6.07, 6.45) is 4.65. The predicted octanol–water partition coefficient (Wildman–Crippen LogP) is 3.17. The van der Waals surface area contributed by atoms with E-state index in [2.05, 4.69) is 10.1 Å². The number of Topliss-reactive ketones (excluding diaryl/α,β-unsaturated/α-hetero) is 1. The van der Waals surface area contributed by atoms with E-state index in [0.717, 1.165) is 25.7 Å². The molecule has 0 saturated carbocycles. The number of amides is 1. The van der Waals surface area contributed by atoms with E-state index < -0.39 is 0 Å². The smallest absolute Gasteiger partial charge is 0.258 e. The van der Waals surface area contributed by atoms with Crippen LogP contribution >= 0.6 is 0 Å². The molecule has 1 amide bonds. The topological polar surface area (TPSA) is 89.4 Å². The molecule has 0 aromatic carbocycles. The first-order valence-electron chi connectivity index (χ1n) is 8.83. The molecule has 0 spiro atoms. The van der Waals surface area contributed by atoms with Crippen LogP contribution in [0.3, 0.4) is 0 Å². The number of hydrogen-bond acceptors (Lipinski definition) is 6. The highest BCUT2D eigenvalue weighted by Gasteiger charge is 2.37. The Morgan fingerprint density at radius 1 is 1.20 bits per heavy atom. The van der Waals surface area contributed by atoms with Crippen LogP contribution in [-0.2, 0) is 6.42 Å². The van der Waals surface area contributed by atoms with E-state index in [9.17, 15) is 9.59 Å². The number of ketones is 1. The van der Waals surface area contributed by atoms with Crippen LogP contribution in [0.5, 0.6) is 0 Å². The van der Waals surface area contributed by atoms with Gasteiger partial charge in [0.25, 0.3) is 5.91 Å². The Hall–Kier alpha value is -2.44. The van der Waals surface area contributed by atoms with Crippen LogP contribution in [0.1, 0.15) is 82.1 Å². The molecular formula is C18H21N3O4. The third-order valence-corrected chi connectivity index (χ3v) is 5.05. The Bertz CT molecular complexity index is 835. The van der Waals surface area contributed by atoms with Crippen molar-refractivity contribution >= 4 is 11.7 Å². The van der Waals surface area contributed by atoms with Crippen LogP contribution in [0.25, 0.3) is 0 Å². The van der Waals surface area contributed by atoms with Crippen molar-refractivity contribution in [2.24, 2.45) is 0 Å². The van der Waals surface area contributed by atoms with Crippen molar-refractivity contribution in [1.82, 2.24) is 15.0 Å². The zero-order valence-corrected chi connectivity index (χ0v) is 14.5. The first-order chi connectivity index (χ1) is 12.1. The van der Waals surface area contributed by atoms with Crippen molar-refractivity contribution in [2.45, 2.75) is 58.4 Å². The van der Waals surface area contributed by atoms with E-state index in [0.29, 0.717) is 53.7 Å². The van der Waals surface area contributed by atoms with Gasteiger partial charge in [-0.15, -0.1) is 0 Å². The van der Waals surface area contributed by atoms with Gasteiger partial charge in [0.2, 0.25) is 5.89 Å². The third kappa shape index (κ3) is 2.67. The molecule has 4 rings (SSSR count). The first kappa shape index (κ1) is 16.1. The Kier molecular flexibility index (Phi) is 3.94. The Balaban J connectivity index is 1.72. The van der Waals surface area contributed by atoms with Gasteiger partial charge in [-0.05, 0) is 39.5 Å². The molecular weight excluding hydrogens is 322 g/mol. The lowest BCUT2D eigenvalue weighted by Gasteiger charge is -2.33. The van der Waals surface area contributed by atoms with Gasteiger partial charge >= 0.3 is 0 Å². The lowest BCUT2D eigenvalue weighted by atomic mass is 9.92. The summed E-state index contributed by atoms with van der Waals surface area (Å²) in [5.41, 5.74) is 0.905. The van der Waals surface area contributed by atoms with Crippen LogP contribution in [-0.4, -0.2) is 33.3 Å². The molecule has 0 N–H and O–H groups in total. The molecule has 7 nitrogen and oxygen atoms in total. The van der Waals surface area contributed by atoms with E-state index in [1.165, 1.54) is 0 Å². The fourth-order valence-corrected chi connectivity index (χ4v) is 3.89. The van der Waals surface area contributed by atoms with Crippen molar-refractivity contribution in [3.63, 3.8) is 0 Å². The van der Waals surface area contributed by atoms with Gasteiger partial charge in [0.05, 0.1) is 11.1 Å². The molecule has 1 aliphatic heterocycles. The van der Waals surface area contributed by atoms with Gasteiger partial charge in [0.1, 0.15) is 17.6 Å². The maximum Gasteiger partial charge on any atom is 0.258 e. The maximum atomic E-state index is 13.3. The maximum absolute atomic E-state index is 13.3. The number of aryl methyl sites for hydroxylation is 3. The Labute approximate surface area is 145 Å². The Morgan fingerprint density at radius 2 is 2.04 bits per heavy atom. The fraction of sp³-hybridized carbons (Fsp3) is 0.556. The molecule has 7 heteroatoms. The van der Waals surface area contributed by atoms with Crippen molar-refractivity contribution < 1.29 is 18.5 Å². The summed E-state index contributed by atoms with van der Waals surface area (Å²) < 4.78 is 11.1. The largest absolute Gasteiger partial charge is 0.465 e. The highest BCUT2D eigenvalue weighted by Crippen LogP contribution is 2.35. The van der Waals surface area contributed by atoms with Crippen LogP contribution in [0, 0.1) is 13.8 Å². The number of piperidine rings is 1. The monoisotopic (exact) mass is 343 g/mol. The zero-order chi connectivity index (χ0) is 17.6. The lowest BCUT2D eigenvalue weighted by molar-refractivity contribution is 0.0557. The summed E-state index contributed by atoms with van der Waals surface area (Å²) in [5, 5.41) is 3.85. The molecule has 1 atom stereocenters. The van der Waals surface area contributed by atoms with Crippen LogP contribution in [0.2, 0.25) is 0 Å². The standard InChI is InChI=1S/C18H21N3O4/c1-10-15(16-13(22)7-5-8-14(16)24-10)18(23)21-9-4-3-6-12(21)17-19-11(2)20-25-17/h12H,3-9H2,1-2H3/t12-/m1/s1. The zero-order valence-electron chi connectivity index (χ0n) is 14.5. The van der Waals surface area contributed by atoms with Gasteiger partial charge < -0.3 is 13.8 Å². The number of furan rings is 1. The number of nitrogens with zero attached hydrogens (tertiary/aromatic N) is 3. The summed E-state index contributed by atoms with van der Waals surface area (Å²) in [4.78, 5) is 31.8. The molecule has 0 unspecified atom stereocenters. The lowest BCUT2D eigenvalue weighted by Crippen LogP contribution is -2.39. The van der Waals surface area contributed by atoms with Crippen LogP contribution < -0.4 is 0 Å². The molecule has 2 aromatic rings. The second-order valence-electron chi connectivity index (χ2n) is 6.80. The molecule has 0 radical (unpaired) electrons. The number of likely N-dealkylation sites (tertiary alicyclic amines) is 1. The third-order valence-electron chi connectivity index (χ3n) is 5.05. The summed E-state index contributed by atoms with van der Waals surface area (Å²) in [7, 11) is 0. The number of aromatic nitrogens is 2. The molecule has 1 fully saturated rings. The molecule has 25 heavy (non-hydrogen) atoms. The Morgan fingerprint density at radius 3 is 2.80 bits per heavy atom. The number of carbonyl (C=O) groups is 2. The van der Waals surface area contributed by atoms with Gasteiger partial charge in [-0.3, -0.25) is 9.59 Å². The van der Waals surface area contributed by atoms with Crippen LogP contribution in [0.15, 0.2) is 8.94 Å². The normalized spacial score (nSPS) is 20.6. The molecule has 1 saturated heterocycles. The van der Waals surface area contributed by atoms with Crippen molar-refractivity contribution in [3.05, 3.63) is 34.4 Å².